The Balaban J connectivity index is 2.46. The van der Waals surface area contributed by atoms with E-state index >= 15 is 0 Å². The Hall–Kier alpha value is -0.950. The summed E-state index contributed by atoms with van der Waals surface area (Å²) in [6.07, 6.45) is -2.51. The quantitative estimate of drug-likeness (QED) is 0.798. The predicted octanol–water partition coefficient (Wildman–Crippen LogP) is 3.91. The molecule has 0 aliphatic rings. The van der Waals surface area contributed by atoms with Crippen molar-refractivity contribution in [3.63, 3.8) is 0 Å². The Bertz CT molecular complexity index is 561. The first kappa shape index (κ1) is 14.5. The highest BCUT2D eigenvalue weighted by molar-refractivity contribution is 7.15. The van der Waals surface area contributed by atoms with Crippen molar-refractivity contribution < 1.29 is 13.2 Å². The first-order valence-corrected chi connectivity index (χ1v) is 7.08. The summed E-state index contributed by atoms with van der Waals surface area (Å²) in [5.74, 6) is 0.433. The summed E-state index contributed by atoms with van der Waals surface area (Å²) in [4.78, 5) is 6.16. The fourth-order valence-electron chi connectivity index (χ4n) is 1.87. The van der Waals surface area contributed by atoms with Gasteiger partial charge in [-0.15, -0.1) is 22.9 Å². The Morgan fingerprint density at radius 1 is 1.47 bits per heavy atom. The van der Waals surface area contributed by atoms with Gasteiger partial charge in [-0.05, 0) is 13.8 Å². The van der Waals surface area contributed by atoms with Crippen LogP contribution in [0.3, 0.4) is 0 Å². The molecule has 2 heterocycles. The number of rotatable bonds is 4. The first-order valence-electron chi connectivity index (χ1n) is 5.67. The van der Waals surface area contributed by atoms with Crippen molar-refractivity contribution in [2.24, 2.45) is 0 Å². The largest absolute Gasteiger partial charge is 0.405 e. The van der Waals surface area contributed by atoms with Crippen LogP contribution in [0.5, 0.6) is 0 Å². The Labute approximate surface area is 117 Å². The van der Waals surface area contributed by atoms with E-state index in [0.717, 1.165) is 0 Å². The summed E-state index contributed by atoms with van der Waals surface area (Å²) >= 11 is 7.24. The van der Waals surface area contributed by atoms with E-state index in [9.17, 15) is 13.2 Å². The van der Waals surface area contributed by atoms with Gasteiger partial charge >= 0.3 is 6.18 Å². The van der Waals surface area contributed by atoms with Gasteiger partial charge in [0.1, 0.15) is 6.54 Å². The van der Waals surface area contributed by atoms with Crippen LogP contribution in [0.15, 0.2) is 11.6 Å². The van der Waals surface area contributed by atoms with Gasteiger partial charge in [0.05, 0.1) is 11.6 Å². The van der Waals surface area contributed by atoms with Gasteiger partial charge in [-0.3, -0.25) is 4.40 Å². The van der Waals surface area contributed by atoms with Crippen LogP contribution in [0.25, 0.3) is 4.96 Å². The molecule has 2 aromatic rings. The smallest absolute Gasteiger partial charge is 0.343 e. The molecular weight excluding hydrogens is 299 g/mol. The molecule has 0 saturated heterocycles. The molecule has 0 saturated carbocycles. The maximum absolute atomic E-state index is 12.7. The molecule has 0 fully saturated rings. The predicted molar refractivity (Wildman–Crippen MR) is 71.2 cm³/mol. The second kappa shape index (κ2) is 5.20. The molecule has 0 bridgehead atoms. The van der Waals surface area contributed by atoms with E-state index in [-0.39, 0.29) is 11.9 Å². The maximum atomic E-state index is 12.7. The van der Waals surface area contributed by atoms with E-state index in [0.29, 0.717) is 16.5 Å². The highest BCUT2D eigenvalue weighted by Gasteiger charge is 2.34. The zero-order valence-electron chi connectivity index (χ0n) is 10.4. The Morgan fingerprint density at radius 3 is 2.68 bits per heavy atom. The van der Waals surface area contributed by atoms with Crippen molar-refractivity contribution in [2.45, 2.75) is 31.9 Å². The lowest BCUT2D eigenvalue weighted by Gasteiger charge is -2.28. The zero-order valence-corrected chi connectivity index (χ0v) is 12.0. The van der Waals surface area contributed by atoms with Gasteiger partial charge < -0.3 is 4.90 Å². The third kappa shape index (κ3) is 2.97. The molecule has 106 valence electrons. The van der Waals surface area contributed by atoms with Crippen molar-refractivity contribution in [3.05, 3.63) is 17.3 Å². The van der Waals surface area contributed by atoms with Gasteiger partial charge in [0, 0.05) is 17.6 Å². The molecule has 0 spiro atoms. The van der Waals surface area contributed by atoms with Crippen molar-refractivity contribution >= 4 is 33.7 Å². The maximum Gasteiger partial charge on any atom is 0.405 e. The number of alkyl halides is 4. The molecule has 0 radical (unpaired) electrons. The van der Waals surface area contributed by atoms with Crippen molar-refractivity contribution in [2.75, 3.05) is 11.4 Å². The van der Waals surface area contributed by atoms with Gasteiger partial charge in [-0.25, -0.2) is 4.98 Å². The molecule has 0 unspecified atom stereocenters. The van der Waals surface area contributed by atoms with Crippen molar-refractivity contribution in [3.8, 4) is 0 Å². The van der Waals surface area contributed by atoms with E-state index < -0.39 is 12.7 Å². The topological polar surface area (TPSA) is 20.5 Å². The molecule has 0 aliphatic carbocycles. The second-order valence-corrected chi connectivity index (χ2v) is 5.55. The monoisotopic (exact) mass is 311 g/mol. The highest BCUT2D eigenvalue weighted by Crippen LogP contribution is 2.30. The molecule has 0 atom stereocenters. The van der Waals surface area contributed by atoms with Crippen LogP contribution in [-0.4, -0.2) is 28.1 Å². The fourth-order valence-corrected chi connectivity index (χ4v) is 2.85. The molecule has 0 aromatic carbocycles. The molecular formula is C11H13ClF3N3S. The molecule has 0 aliphatic heterocycles. The highest BCUT2D eigenvalue weighted by atomic mass is 35.5. The average Bonchev–Trinajstić information content (AvgIpc) is 2.83. The lowest BCUT2D eigenvalue weighted by atomic mass is 10.3. The molecule has 0 N–H and O–H groups in total. The fraction of sp³-hybridized carbons (Fsp3) is 0.545. The summed E-state index contributed by atoms with van der Waals surface area (Å²) in [7, 11) is 0. The minimum absolute atomic E-state index is 0.119. The summed E-state index contributed by atoms with van der Waals surface area (Å²) in [6, 6.07) is -0.312. The number of hydrogen-bond acceptors (Lipinski definition) is 3. The molecule has 0 amide bonds. The second-order valence-electron chi connectivity index (χ2n) is 4.41. The van der Waals surface area contributed by atoms with Gasteiger partial charge in [0.15, 0.2) is 10.8 Å². The summed E-state index contributed by atoms with van der Waals surface area (Å²) in [5, 5.41) is 1.83. The standard InChI is InChI=1S/C11H13ClF3N3S/c1-7(2)18(6-11(13,14)15)9-8(5-12)17-3-4-19-10(17)16-9/h3-4,7H,5-6H2,1-2H3. The average molecular weight is 312 g/mol. The van der Waals surface area contributed by atoms with Crippen LogP contribution in [0.1, 0.15) is 19.5 Å². The lowest BCUT2D eigenvalue weighted by molar-refractivity contribution is -0.120. The van der Waals surface area contributed by atoms with E-state index in [1.54, 1.807) is 24.4 Å². The van der Waals surface area contributed by atoms with Crippen LogP contribution in [0.2, 0.25) is 0 Å². The molecule has 19 heavy (non-hydrogen) atoms. The number of fused-ring (bicyclic) bond motifs is 1. The van der Waals surface area contributed by atoms with Crippen LogP contribution in [0.4, 0.5) is 19.0 Å². The number of thiazole rings is 1. The molecule has 2 aromatic heterocycles. The van der Waals surface area contributed by atoms with Crippen molar-refractivity contribution in [1.29, 1.82) is 0 Å². The third-order valence-electron chi connectivity index (χ3n) is 2.71. The summed E-state index contributed by atoms with van der Waals surface area (Å²) in [5.41, 5.74) is 0.593. The van der Waals surface area contributed by atoms with Crippen molar-refractivity contribution in [1.82, 2.24) is 9.38 Å². The third-order valence-corrected chi connectivity index (χ3v) is 3.72. The van der Waals surface area contributed by atoms with Gasteiger partial charge in [-0.2, -0.15) is 13.2 Å². The number of aromatic nitrogens is 2. The number of imidazole rings is 1. The normalized spacial score (nSPS) is 12.6. The van der Waals surface area contributed by atoms with Gasteiger partial charge in [0.25, 0.3) is 0 Å². The summed E-state index contributed by atoms with van der Waals surface area (Å²) < 4.78 is 39.7. The number of nitrogens with zero attached hydrogens (tertiary/aromatic N) is 3. The summed E-state index contributed by atoms with van der Waals surface area (Å²) in [6.45, 7) is 2.38. The van der Waals surface area contributed by atoms with Crippen LogP contribution in [0, 0.1) is 0 Å². The number of anilines is 1. The van der Waals surface area contributed by atoms with Gasteiger partial charge in [-0.1, -0.05) is 0 Å². The van der Waals surface area contributed by atoms with E-state index in [1.165, 1.54) is 16.2 Å². The van der Waals surface area contributed by atoms with Crippen LogP contribution < -0.4 is 4.90 Å². The Morgan fingerprint density at radius 2 is 2.16 bits per heavy atom. The Kier molecular flexibility index (Phi) is 3.96. The minimum atomic E-state index is -4.27. The van der Waals surface area contributed by atoms with E-state index in [1.807, 2.05) is 5.38 Å². The molecule has 2 rings (SSSR count). The minimum Gasteiger partial charge on any atom is -0.343 e. The number of halogens is 4. The van der Waals surface area contributed by atoms with Crippen LogP contribution >= 0.6 is 22.9 Å². The van der Waals surface area contributed by atoms with E-state index in [2.05, 4.69) is 4.98 Å². The molecule has 3 nitrogen and oxygen atoms in total. The lowest BCUT2D eigenvalue weighted by Crippen LogP contribution is -2.39. The van der Waals surface area contributed by atoms with Gasteiger partial charge in [0.2, 0.25) is 0 Å². The first-order chi connectivity index (χ1) is 8.83. The number of hydrogen-bond donors (Lipinski definition) is 0. The molecule has 8 heteroatoms. The zero-order chi connectivity index (χ0) is 14.2. The van der Waals surface area contributed by atoms with E-state index in [4.69, 9.17) is 11.6 Å². The SMILES string of the molecule is CC(C)N(CC(F)(F)F)c1nc2sccn2c1CCl. The van der Waals surface area contributed by atoms with Crippen LogP contribution in [-0.2, 0) is 5.88 Å².